The van der Waals surface area contributed by atoms with E-state index in [1.807, 2.05) is 0 Å². The molecule has 0 amide bonds. The molecule has 0 aliphatic rings. The Labute approximate surface area is 262 Å². The molecule has 0 aliphatic heterocycles. The van der Waals surface area contributed by atoms with Crippen LogP contribution in [0.5, 0.6) is 11.5 Å². The Morgan fingerprint density at radius 2 is 1.02 bits per heavy atom. The highest BCUT2D eigenvalue weighted by Gasteiger charge is 2.22. The first-order valence-corrected chi connectivity index (χ1v) is 16.2. The average Bonchev–Trinajstić information content (AvgIpc) is 2.99. The quantitative estimate of drug-likeness (QED) is 0.176. The maximum Gasteiger partial charge on any atom is 0.124 e. The maximum absolute atomic E-state index is 6.45. The standard InChI is InChI=1S/C21H28O.C20H26O/c1-6-10-19(17-11-8-7-9-12-17)22-20-14-13-16(2)15-18(20)21(3,4)5;1-5-9-19(17-10-7-6-8-11-17)21-20-13-12-16(4)14-18(20)15(2)3/h7-9,11-15,19H,6,10H2,1-5H3;6-8,10-15,19H,5,9H2,1-4H3/t2*19-/m01/s1. The summed E-state index contributed by atoms with van der Waals surface area (Å²) in [6, 6.07) is 34.1. The van der Waals surface area contributed by atoms with E-state index in [2.05, 4.69) is 159 Å². The third-order valence-electron chi connectivity index (χ3n) is 7.71. The van der Waals surface area contributed by atoms with Crippen LogP contribution in [0.1, 0.15) is 126 Å². The SMILES string of the molecule is CCC[C@@H](Oc1ccc(C)cc1C(C)C)c1ccccc1.CCC[C@H](Oc1ccc(C)cc1C(C)(C)C)c1ccccc1. The van der Waals surface area contributed by atoms with Crippen molar-refractivity contribution in [1.29, 1.82) is 0 Å². The van der Waals surface area contributed by atoms with E-state index in [-0.39, 0.29) is 17.6 Å². The van der Waals surface area contributed by atoms with Gasteiger partial charge in [-0.25, -0.2) is 0 Å². The third-order valence-corrected chi connectivity index (χ3v) is 7.71. The van der Waals surface area contributed by atoms with Gasteiger partial charge in [-0.05, 0) is 72.4 Å². The van der Waals surface area contributed by atoms with Crippen molar-refractivity contribution in [3.05, 3.63) is 130 Å². The van der Waals surface area contributed by atoms with Crippen LogP contribution < -0.4 is 9.47 Å². The molecular weight excluding hydrogens is 524 g/mol. The largest absolute Gasteiger partial charge is 0.485 e. The summed E-state index contributed by atoms with van der Waals surface area (Å²) in [5, 5.41) is 0. The summed E-state index contributed by atoms with van der Waals surface area (Å²) in [6.45, 7) is 19.9. The lowest BCUT2D eigenvalue weighted by Gasteiger charge is -2.27. The number of benzene rings is 4. The van der Waals surface area contributed by atoms with Crippen LogP contribution >= 0.6 is 0 Å². The zero-order valence-electron chi connectivity index (χ0n) is 28.1. The first-order chi connectivity index (χ1) is 20.5. The Kier molecular flexibility index (Phi) is 12.9. The van der Waals surface area contributed by atoms with Crippen molar-refractivity contribution in [3.63, 3.8) is 0 Å². The summed E-state index contributed by atoms with van der Waals surface area (Å²) >= 11 is 0. The van der Waals surface area contributed by atoms with Gasteiger partial charge in [0, 0.05) is 0 Å². The summed E-state index contributed by atoms with van der Waals surface area (Å²) in [6.07, 6.45) is 4.54. The molecule has 4 rings (SSSR count). The van der Waals surface area contributed by atoms with Crippen molar-refractivity contribution in [2.45, 2.75) is 112 Å². The minimum absolute atomic E-state index is 0.0782. The van der Waals surface area contributed by atoms with Crippen LogP contribution in [0.4, 0.5) is 0 Å². The molecule has 43 heavy (non-hydrogen) atoms. The van der Waals surface area contributed by atoms with Gasteiger partial charge in [-0.1, -0.05) is 157 Å². The lowest BCUT2D eigenvalue weighted by Crippen LogP contribution is -2.16. The topological polar surface area (TPSA) is 18.5 Å². The van der Waals surface area contributed by atoms with Crippen LogP contribution in [0, 0.1) is 13.8 Å². The summed E-state index contributed by atoms with van der Waals surface area (Å²) in [5.74, 6) is 2.51. The molecule has 4 aromatic carbocycles. The van der Waals surface area contributed by atoms with Crippen LogP contribution in [0.3, 0.4) is 0 Å². The number of hydrogen-bond acceptors (Lipinski definition) is 2. The molecule has 0 aromatic heterocycles. The van der Waals surface area contributed by atoms with Gasteiger partial charge in [0.25, 0.3) is 0 Å². The lowest BCUT2D eigenvalue weighted by molar-refractivity contribution is 0.189. The van der Waals surface area contributed by atoms with E-state index in [0.717, 1.165) is 37.2 Å². The van der Waals surface area contributed by atoms with Crippen LogP contribution in [0.25, 0.3) is 0 Å². The van der Waals surface area contributed by atoms with Gasteiger partial charge in [0.1, 0.15) is 23.7 Å². The van der Waals surface area contributed by atoms with Gasteiger partial charge in [0.15, 0.2) is 0 Å². The number of rotatable bonds is 11. The predicted molar refractivity (Wildman–Crippen MR) is 185 cm³/mol. The number of aryl methyl sites for hydroxylation is 2. The fourth-order valence-corrected chi connectivity index (χ4v) is 5.31. The van der Waals surface area contributed by atoms with E-state index in [4.69, 9.17) is 9.47 Å². The highest BCUT2D eigenvalue weighted by Crippen LogP contribution is 2.36. The van der Waals surface area contributed by atoms with Crippen molar-refractivity contribution in [3.8, 4) is 11.5 Å². The van der Waals surface area contributed by atoms with Gasteiger partial charge in [-0.3, -0.25) is 0 Å². The summed E-state index contributed by atoms with van der Waals surface area (Å²) in [4.78, 5) is 0. The monoisotopic (exact) mass is 578 g/mol. The molecule has 0 radical (unpaired) electrons. The molecule has 2 nitrogen and oxygen atoms in total. The second kappa shape index (κ2) is 16.4. The first-order valence-electron chi connectivity index (χ1n) is 16.2. The summed E-state index contributed by atoms with van der Waals surface area (Å²) in [7, 11) is 0. The molecule has 4 aromatic rings. The molecule has 0 unspecified atom stereocenters. The molecule has 0 heterocycles. The van der Waals surface area contributed by atoms with Gasteiger partial charge in [-0.2, -0.15) is 0 Å². The summed E-state index contributed by atoms with van der Waals surface area (Å²) in [5.41, 5.74) is 7.74. The van der Waals surface area contributed by atoms with E-state index < -0.39 is 0 Å². The molecule has 0 saturated heterocycles. The molecule has 0 N–H and O–H groups in total. The van der Waals surface area contributed by atoms with Gasteiger partial charge in [-0.15, -0.1) is 0 Å². The van der Waals surface area contributed by atoms with Crippen LogP contribution in [-0.2, 0) is 5.41 Å². The van der Waals surface area contributed by atoms with Crippen molar-refractivity contribution < 1.29 is 9.47 Å². The van der Waals surface area contributed by atoms with Gasteiger partial charge < -0.3 is 9.47 Å². The second-order valence-corrected chi connectivity index (χ2v) is 13.1. The molecule has 0 spiro atoms. The fourth-order valence-electron chi connectivity index (χ4n) is 5.31. The number of ether oxygens (including phenoxy) is 2. The fraction of sp³-hybridized carbons (Fsp3) is 0.415. The van der Waals surface area contributed by atoms with Crippen molar-refractivity contribution in [2.24, 2.45) is 0 Å². The molecule has 2 heteroatoms. The molecule has 0 fully saturated rings. The lowest BCUT2D eigenvalue weighted by atomic mass is 9.85. The first kappa shape index (κ1) is 34.0. The van der Waals surface area contributed by atoms with Crippen molar-refractivity contribution >= 4 is 0 Å². The third kappa shape index (κ3) is 10.3. The molecule has 0 aliphatic carbocycles. The molecule has 2 atom stereocenters. The Bertz CT molecular complexity index is 1370. The minimum Gasteiger partial charge on any atom is -0.485 e. The van der Waals surface area contributed by atoms with E-state index in [0.29, 0.717) is 5.92 Å². The van der Waals surface area contributed by atoms with E-state index in [9.17, 15) is 0 Å². The van der Waals surface area contributed by atoms with Crippen LogP contribution in [0.2, 0.25) is 0 Å². The van der Waals surface area contributed by atoms with Gasteiger partial charge in [0.2, 0.25) is 0 Å². The van der Waals surface area contributed by atoms with E-state index >= 15 is 0 Å². The molecular formula is C41H54O2. The Balaban J connectivity index is 0.000000236. The molecule has 0 bridgehead atoms. The normalized spacial score (nSPS) is 12.7. The van der Waals surface area contributed by atoms with E-state index in [1.54, 1.807) is 0 Å². The highest BCUT2D eigenvalue weighted by atomic mass is 16.5. The predicted octanol–water partition coefficient (Wildman–Crippen LogP) is 12.3. The zero-order valence-corrected chi connectivity index (χ0v) is 28.1. The molecule has 0 saturated carbocycles. The smallest absolute Gasteiger partial charge is 0.124 e. The summed E-state index contributed by atoms with van der Waals surface area (Å²) < 4.78 is 12.8. The van der Waals surface area contributed by atoms with Gasteiger partial charge in [0.05, 0.1) is 0 Å². The Hall–Kier alpha value is -3.52. The Morgan fingerprint density at radius 1 is 0.581 bits per heavy atom. The van der Waals surface area contributed by atoms with E-state index in [1.165, 1.54) is 33.4 Å². The second-order valence-electron chi connectivity index (χ2n) is 13.1. The average molecular weight is 579 g/mol. The van der Waals surface area contributed by atoms with Crippen LogP contribution in [-0.4, -0.2) is 0 Å². The Morgan fingerprint density at radius 3 is 1.47 bits per heavy atom. The van der Waals surface area contributed by atoms with Crippen molar-refractivity contribution in [1.82, 2.24) is 0 Å². The highest BCUT2D eigenvalue weighted by molar-refractivity contribution is 5.42. The van der Waals surface area contributed by atoms with Crippen LogP contribution in [0.15, 0.2) is 97.1 Å². The minimum atomic E-state index is 0.0782. The maximum atomic E-state index is 6.45. The molecule has 230 valence electrons. The zero-order chi connectivity index (χ0) is 31.4. The van der Waals surface area contributed by atoms with Gasteiger partial charge >= 0.3 is 0 Å². The van der Waals surface area contributed by atoms with Crippen molar-refractivity contribution in [2.75, 3.05) is 0 Å². The number of hydrogen-bond donors (Lipinski definition) is 0.